The Hall–Kier alpha value is -1.13. The summed E-state index contributed by atoms with van der Waals surface area (Å²) in [4.78, 5) is 3.99. The maximum atomic E-state index is 10.3. The van der Waals surface area contributed by atoms with Crippen LogP contribution in [0.3, 0.4) is 0 Å². The number of pyridine rings is 1. The zero-order valence-electron chi connectivity index (χ0n) is 10.2. The topological polar surface area (TPSA) is 71.2 Å². The molecule has 0 aliphatic carbocycles. The number of anilines is 1. The summed E-state index contributed by atoms with van der Waals surface area (Å²) in [6.45, 7) is 7.34. The Kier molecular flexibility index (Phi) is 4.26. The Morgan fingerprint density at radius 2 is 2.25 bits per heavy atom. The lowest BCUT2D eigenvalue weighted by Crippen LogP contribution is -2.37. The van der Waals surface area contributed by atoms with Crippen molar-refractivity contribution in [1.82, 2.24) is 10.3 Å². The van der Waals surface area contributed by atoms with Crippen LogP contribution in [0.4, 0.5) is 5.69 Å². The summed E-state index contributed by atoms with van der Waals surface area (Å²) in [6, 6.07) is 1.70. The van der Waals surface area contributed by atoms with Crippen molar-refractivity contribution in [2.75, 3.05) is 18.8 Å². The van der Waals surface area contributed by atoms with E-state index in [-0.39, 0.29) is 0 Å². The van der Waals surface area contributed by atoms with E-state index in [1.807, 2.05) is 0 Å². The van der Waals surface area contributed by atoms with Crippen molar-refractivity contribution in [2.45, 2.75) is 26.4 Å². The molecule has 0 amide bonds. The first kappa shape index (κ1) is 12.9. The summed E-state index contributed by atoms with van der Waals surface area (Å²) in [7, 11) is 0. The van der Waals surface area contributed by atoms with Gasteiger partial charge in [-0.3, -0.25) is 4.98 Å². The summed E-state index contributed by atoms with van der Waals surface area (Å²) in [5.74, 6) is 0.557. The third-order valence-electron chi connectivity index (χ3n) is 2.46. The summed E-state index contributed by atoms with van der Waals surface area (Å²) in [5, 5.41) is 13.5. The van der Waals surface area contributed by atoms with Gasteiger partial charge in [-0.2, -0.15) is 0 Å². The number of nitrogens with zero attached hydrogens (tertiary/aromatic N) is 1. The minimum absolute atomic E-state index is 0.473. The number of hydrogen-bond donors (Lipinski definition) is 3. The van der Waals surface area contributed by atoms with Gasteiger partial charge >= 0.3 is 0 Å². The maximum Gasteiger partial charge on any atom is 0.103 e. The van der Waals surface area contributed by atoms with Crippen LogP contribution in [0.15, 0.2) is 18.5 Å². The van der Waals surface area contributed by atoms with Gasteiger partial charge in [-0.25, -0.2) is 0 Å². The molecular formula is C12H21N3O. The normalized spacial score (nSPS) is 15.1. The van der Waals surface area contributed by atoms with Gasteiger partial charge in [-0.1, -0.05) is 13.8 Å². The van der Waals surface area contributed by atoms with Crippen molar-refractivity contribution in [2.24, 2.45) is 5.92 Å². The van der Waals surface area contributed by atoms with Crippen LogP contribution in [-0.2, 0) is 5.60 Å². The van der Waals surface area contributed by atoms with E-state index < -0.39 is 5.60 Å². The maximum absolute atomic E-state index is 10.3. The average Bonchev–Trinajstić information content (AvgIpc) is 2.17. The second-order valence-corrected chi connectivity index (χ2v) is 4.76. The number of aliphatic hydroxyl groups is 1. The van der Waals surface area contributed by atoms with Gasteiger partial charge in [0.2, 0.25) is 0 Å². The molecule has 0 aromatic carbocycles. The van der Waals surface area contributed by atoms with Gasteiger partial charge in [0.1, 0.15) is 5.60 Å². The van der Waals surface area contributed by atoms with E-state index in [1.165, 1.54) is 0 Å². The summed E-state index contributed by atoms with van der Waals surface area (Å²) in [5.41, 5.74) is 6.08. The monoisotopic (exact) mass is 223 g/mol. The van der Waals surface area contributed by atoms with Gasteiger partial charge in [0, 0.05) is 30.2 Å². The van der Waals surface area contributed by atoms with Gasteiger partial charge in [0.15, 0.2) is 0 Å². The predicted octanol–water partition coefficient (Wildman–Crippen LogP) is 1.12. The van der Waals surface area contributed by atoms with Crippen molar-refractivity contribution >= 4 is 5.69 Å². The molecule has 0 saturated carbocycles. The fourth-order valence-electron chi connectivity index (χ4n) is 1.55. The van der Waals surface area contributed by atoms with Crippen molar-refractivity contribution in [3.05, 3.63) is 24.0 Å². The van der Waals surface area contributed by atoms with Crippen LogP contribution in [0.2, 0.25) is 0 Å². The third-order valence-corrected chi connectivity index (χ3v) is 2.46. The number of aromatic nitrogens is 1. The second kappa shape index (κ2) is 5.27. The molecule has 90 valence electrons. The number of nitrogens with two attached hydrogens (primary N) is 1. The number of nitrogen functional groups attached to an aromatic ring is 1. The van der Waals surface area contributed by atoms with Gasteiger partial charge < -0.3 is 16.2 Å². The largest absolute Gasteiger partial charge is 0.398 e. The fraction of sp³-hybridized carbons (Fsp3) is 0.583. The Balaban J connectivity index is 2.66. The van der Waals surface area contributed by atoms with Crippen LogP contribution < -0.4 is 11.1 Å². The van der Waals surface area contributed by atoms with E-state index in [9.17, 15) is 5.11 Å². The van der Waals surface area contributed by atoms with Crippen LogP contribution in [-0.4, -0.2) is 23.2 Å². The molecule has 0 fully saturated rings. The Labute approximate surface area is 96.9 Å². The quantitative estimate of drug-likeness (QED) is 0.699. The molecule has 1 heterocycles. The Morgan fingerprint density at radius 1 is 1.56 bits per heavy atom. The second-order valence-electron chi connectivity index (χ2n) is 4.76. The smallest absolute Gasteiger partial charge is 0.103 e. The van der Waals surface area contributed by atoms with Gasteiger partial charge in [-0.05, 0) is 25.5 Å². The zero-order chi connectivity index (χ0) is 12.2. The SMILES string of the molecule is CC(C)CNCC(C)(O)c1cnccc1N. The van der Waals surface area contributed by atoms with Crippen molar-refractivity contribution in [3.8, 4) is 0 Å². The van der Waals surface area contributed by atoms with E-state index in [0.717, 1.165) is 6.54 Å². The molecule has 4 N–H and O–H groups in total. The lowest BCUT2D eigenvalue weighted by atomic mass is 9.96. The van der Waals surface area contributed by atoms with Crippen LogP contribution in [0, 0.1) is 5.92 Å². The Bertz CT molecular complexity index is 337. The van der Waals surface area contributed by atoms with Crippen LogP contribution in [0.25, 0.3) is 0 Å². The lowest BCUT2D eigenvalue weighted by molar-refractivity contribution is 0.0568. The molecule has 1 atom stereocenters. The average molecular weight is 223 g/mol. The van der Waals surface area contributed by atoms with Gasteiger partial charge in [-0.15, -0.1) is 0 Å². The van der Waals surface area contributed by atoms with Crippen molar-refractivity contribution in [3.63, 3.8) is 0 Å². The highest BCUT2D eigenvalue weighted by atomic mass is 16.3. The molecule has 0 aliphatic heterocycles. The zero-order valence-corrected chi connectivity index (χ0v) is 10.2. The predicted molar refractivity (Wildman–Crippen MR) is 65.9 cm³/mol. The van der Waals surface area contributed by atoms with E-state index in [4.69, 9.17) is 5.73 Å². The van der Waals surface area contributed by atoms with E-state index in [0.29, 0.717) is 23.7 Å². The summed E-state index contributed by atoms with van der Waals surface area (Å²) >= 11 is 0. The minimum Gasteiger partial charge on any atom is -0.398 e. The highest BCUT2D eigenvalue weighted by Gasteiger charge is 2.25. The molecule has 1 aromatic heterocycles. The molecule has 0 bridgehead atoms. The summed E-state index contributed by atoms with van der Waals surface area (Å²) in [6.07, 6.45) is 3.24. The highest BCUT2D eigenvalue weighted by Crippen LogP contribution is 2.24. The first-order valence-electron chi connectivity index (χ1n) is 5.56. The fourth-order valence-corrected chi connectivity index (χ4v) is 1.55. The molecule has 1 unspecified atom stereocenters. The van der Waals surface area contributed by atoms with Gasteiger partial charge in [0.05, 0.1) is 0 Å². The molecule has 0 spiro atoms. The molecule has 0 radical (unpaired) electrons. The Morgan fingerprint density at radius 3 is 2.81 bits per heavy atom. The van der Waals surface area contributed by atoms with Gasteiger partial charge in [0.25, 0.3) is 0 Å². The molecule has 1 rings (SSSR count). The number of rotatable bonds is 5. The molecule has 4 heteroatoms. The number of hydrogen-bond acceptors (Lipinski definition) is 4. The van der Waals surface area contributed by atoms with Crippen molar-refractivity contribution < 1.29 is 5.11 Å². The number of nitrogens with one attached hydrogen (secondary N) is 1. The van der Waals surface area contributed by atoms with Crippen LogP contribution in [0.5, 0.6) is 0 Å². The molecule has 0 saturated heterocycles. The van der Waals surface area contributed by atoms with Crippen LogP contribution >= 0.6 is 0 Å². The third kappa shape index (κ3) is 3.47. The molecule has 4 nitrogen and oxygen atoms in total. The summed E-state index contributed by atoms with van der Waals surface area (Å²) < 4.78 is 0. The minimum atomic E-state index is -0.979. The molecule has 0 aliphatic rings. The first-order valence-corrected chi connectivity index (χ1v) is 5.56. The standard InChI is InChI=1S/C12H21N3O/c1-9(2)6-15-8-12(3,16)10-7-14-5-4-11(10)13/h4-5,7,9,15-16H,6,8H2,1-3H3,(H2,13,14). The lowest BCUT2D eigenvalue weighted by Gasteiger charge is -2.25. The van der Waals surface area contributed by atoms with E-state index in [2.05, 4.69) is 24.1 Å². The van der Waals surface area contributed by atoms with E-state index in [1.54, 1.807) is 25.4 Å². The van der Waals surface area contributed by atoms with Crippen LogP contribution in [0.1, 0.15) is 26.3 Å². The first-order chi connectivity index (χ1) is 7.43. The molecular weight excluding hydrogens is 202 g/mol. The van der Waals surface area contributed by atoms with E-state index >= 15 is 0 Å². The molecule has 16 heavy (non-hydrogen) atoms. The highest BCUT2D eigenvalue weighted by molar-refractivity contribution is 5.47. The molecule has 1 aromatic rings. The van der Waals surface area contributed by atoms with Crippen molar-refractivity contribution in [1.29, 1.82) is 0 Å².